The molecule has 1 amide bonds. The van der Waals surface area contributed by atoms with Crippen LogP contribution in [0.2, 0.25) is 0 Å². The van der Waals surface area contributed by atoms with Crippen molar-refractivity contribution in [2.24, 2.45) is 0 Å². The van der Waals surface area contributed by atoms with E-state index in [1.54, 1.807) is 0 Å². The van der Waals surface area contributed by atoms with E-state index in [2.05, 4.69) is 5.32 Å². The number of fused-ring (bicyclic) bond motifs is 1. The maximum atomic E-state index is 10.4. The van der Waals surface area contributed by atoms with Gasteiger partial charge in [-0.2, -0.15) is 0 Å². The topological polar surface area (TPSA) is 75.3 Å². The number of amides is 1. The van der Waals surface area contributed by atoms with Gasteiger partial charge >= 0.3 is 6.09 Å². The number of nitrogen functional groups attached to an aromatic ring is 1. The molecule has 1 aliphatic rings. The van der Waals surface area contributed by atoms with Gasteiger partial charge in [0.25, 0.3) is 0 Å². The molecule has 4 N–H and O–H groups in total. The van der Waals surface area contributed by atoms with Gasteiger partial charge < -0.3 is 16.2 Å². The summed E-state index contributed by atoms with van der Waals surface area (Å²) in [5.41, 5.74) is 8.73. The van der Waals surface area contributed by atoms with Crippen molar-refractivity contribution in [3.05, 3.63) is 29.3 Å². The van der Waals surface area contributed by atoms with E-state index in [-0.39, 0.29) is 6.04 Å². The summed E-state index contributed by atoms with van der Waals surface area (Å²) in [6.07, 6.45) is 0.546. The van der Waals surface area contributed by atoms with E-state index >= 15 is 0 Å². The van der Waals surface area contributed by atoms with E-state index in [4.69, 9.17) is 10.8 Å². The third-order valence-corrected chi connectivity index (χ3v) is 2.49. The van der Waals surface area contributed by atoms with Crippen molar-refractivity contribution >= 4 is 11.8 Å². The summed E-state index contributed by atoms with van der Waals surface area (Å²) >= 11 is 0. The first kappa shape index (κ1) is 10.4. The Morgan fingerprint density at radius 1 is 1.40 bits per heavy atom. The third kappa shape index (κ3) is 1.96. The van der Waals surface area contributed by atoms with Gasteiger partial charge in [0.15, 0.2) is 0 Å². The first-order valence-electron chi connectivity index (χ1n) is 4.52. The third-order valence-electron chi connectivity index (χ3n) is 2.49. The van der Waals surface area contributed by atoms with Crippen LogP contribution in [0.3, 0.4) is 0 Å². The van der Waals surface area contributed by atoms with Gasteiger partial charge in [0, 0.05) is 11.7 Å². The summed E-state index contributed by atoms with van der Waals surface area (Å²) in [4.78, 5) is 10.4. The van der Waals surface area contributed by atoms with Gasteiger partial charge in [0.2, 0.25) is 0 Å². The Hall–Kier alpha value is -2.71. The van der Waals surface area contributed by atoms with Crippen LogP contribution >= 0.6 is 0 Å². The number of nitrogens with two attached hydrogens (primary N) is 1. The minimum atomic E-state index is -0.962. The molecule has 15 heavy (non-hydrogen) atoms. The van der Waals surface area contributed by atoms with Crippen molar-refractivity contribution < 1.29 is 9.90 Å². The van der Waals surface area contributed by atoms with Gasteiger partial charge in [-0.1, -0.05) is 6.07 Å². The molecule has 1 aromatic rings. The molecule has 0 heterocycles. The van der Waals surface area contributed by atoms with Crippen LogP contribution in [0.15, 0.2) is 18.2 Å². The van der Waals surface area contributed by atoms with Gasteiger partial charge in [-0.25, -0.2) is 4.79 Å². The first-order valence-corrected chi connectivity index (χ1v) is 4.52. The standard InChI is InChI=1S/C10H12N2O2.Rf/c11-8-2-1-6-4-9(12-10(13)14)5-7(6)3-8;/h1-3,9,12H,4-5,11H2,(H,13,14);. The van der Waals surface area contributed by atoms with Crippen LogP contribution in [-0.2, 0) is 12.8 Å². The van der Waals surface area contributed by atoms with Gasteiger partial charge in [-0.15, -0.1) is 0 Å². The van der Waals surface area contributed by atoms with Crippen LogP contribution < -0.4 is 11.1 Å². The van der Waals surface area contributed by atoms with Crippen LogP contribution in [0.25, 0.3) is 0 Å². The monoisotopic (exact) mass is 459 g/mol. The van der Waals surface area contributed by atoms with Crippen molar-refractivity contribution in [1.29, 1.82) is 0 Å². The van der Waals surface area contributed by atoms with E-state index < -0.39 is 6.09 Å². The van der Waals surface area contributed by atoms with Gasteiger partial charge in [-0.05, 0) is 36.1 Å². The zero-order chi connectivity index (χ0) is 10.1. The fraction of sp³-hybridized carbons (Fsp3) is 0.300. The van der Waals surface area contributed by atoms with Crippen LogP contribution in [0.1, 0.15) is 11.1 Å². The number of hydrogen-bond acceptors (Lipinski definition) is 2. The molecule has 76 valence electrons. The zero-order valence-corrected chi connectivity index (χ0v) is 14.8. The summed E-state index contributed by atoms with van der Waals surface area (Å²) in [7, 11) is 0. The SMILES string of the molecule is Nc1ccc2c(c1)CC(NC(=O)O)C2.[Rf]. The molecule has 0 saturated heterocycles. The number of anilines is 1. The first-order chi connectivity index (χ1) is 6.65. The quantitative estimate of drug-likeness (QED) is 0.549. The van der Waals surface area contributed by atoms with Crippen molar-refractivity contribution in [3.63, 3.8) is 0 Å². The summed E-state index contributed by atoms with van der Waals surface area (Å²) in [5.74, 6) is 0. The average Bonchev–Trinajstić information content (AvgIpc) is 2.44. The van der Waals surface area contributed by atoms with E-state index in [9.17, 15) is 4.79 Å². The number of rotatable bonds is 1. The molecule has 1 unspecified atom stereocenters. The average molecular weight is 459 g/mol. The predicted molar refractivity (Wildman–Crippen MR) is 53.2 cm³/mol. The minimum absolute atomic E-state index is 0. The zero-order valence-electron chi connectivity index (χ0n) is 8.36. The van der Waals surface area contributed by atoms with Crippen LogP contribution in [0.5, 0.6) is 0 Å². The van der Waals surface area contributed by atoms with E-state index in [0.717, 1.165) is 24.1 Å². The maximum absolute atomic E-state index is 10.4. The van der Waals surface area contributed by atoms with Crippen LogP contribution in [0, 0.1) is 0 Å². The largest absolute Gasteiger partial charge is 0.465 e. The summed E-state index contributed by atoms with van der Waals surface area (Å²) in [6.45, 7) is 0. The summed E-state index contributed by atoms with van der Waals surface area (Å²) in [6, 6.07) is 5.74. The number of carboxylic acid groups (broad SMARTS) is 1. The maximum Gasteiger partial charge on any atom is 0.404 e. The molecule has 0 aromatic heterocycles. The summed E-state index contributed by atoms with van der Waals surface area (Å²) in [5, 5.41) is 11.1. The number of hydrogen-bond donors (Lipinski definition) is 3. The van der Waals surface area contributed by atoms with Crippen LogP contribution in [-0.4, -0.2) is 17.2 Å². The molecular formula is C10H12N2O2Rf. The van der Waals surface area contributed by atoms with Crippen molar-refractivity contribution in [3.8, 4) is 0 Å². The molecule has 0 aliphatic heterocycles. The Morgan fingerprint density at radius 3 is 2.73 bits per heavy atom. The number of nitrogens with one attached hydrogen (secondary N) is 1. The van der Waals surface area contributed by atoms with E-state index in [1.807, 2.05) is 18.2 Å². The molecule has 0 spiro atoms. The molecule has 1 aromatic carbocycles. The van der Waals surface area contributed by atoms with Gasteiger partial charge in [0.05, 0.1) is 0 Å². The molecule has 2 rings (SSSR count). The van der Waals surface area contributed by atoms with Crippen molar-refractivity contribution in [1.82, 2.24) is 5.32 Å². The number of carbonyl (C=O) groups is 1. The van der Waals surface area contributed by atoms with Crippen molar-refractivity contribution in [2.45, 2.75) is 18.9 Å². The summed E-state index contributed by atoms with van der Waals surface area (Å²) < 4.78 is 0. The Bertz CT molecular complexity index is 382. The molecule has 0 saturated carbocycles. The molecule has 0 radical (unpaired) electrons. The Labute approximate surface area is 81.7 Å². The number of benzene rings is 1. The Morgan fingerprint density at radius 2 is 2.07 bits per heavy atom. The van der Waals surface area contributed by atoms with Crippen LogP contribution in [0.4, 0.5) is 10.5 Å². The second-order valence-electron chi connectivity index (χ2n) is 3.58. The van der Waals surface area contributed by atoms with Crippen molar-refractivity contribution in [2.75, 3.05) is 5.73 Å². The molecular weight excluding hydrogens is 447 g/mol. The van der Waals surface area contributed by atoms with Gasteiger partial charge in [-0.3, -0.25) is 0 Å². The predicted octanol–water partition coefficient (Wildman–Crippen LogP) is 1.00. The molecule has 4 nitrogen and oxygen atoms in total. The molecule has 1 aliphatic carbocycles. The molecule has 0 bridgehead atoms. The molecule has 1 atom stereocenters. The second-order valence-corrected chi connectivity index (χ2v) is 3.58. The van der Waals surface area contributed by atoms with Gasteiger partial charge in [0.1, 0.15) is 0 Å². The fourth-order valence-corrected chi connectivity index (χ4v) is 1.91. The Balaban J connectivity index is 0.00000112. The van der Waals surface area contributed by atoms with E-state index in [0.29, 0.717) is 0 Å². The Kier molecular flexibility index (Phi) is 2.47. The molecule has 0 fully saturated rings. The molecule has 5 heteroatoms. The fourth-order valence-electron chi connectivity index (χ4n) is 1.91. The second kappa shape index (κ2) is 3.57. The minimum Gasteiger partial charge on any atom is -0.465 e. The smallest absolute Gasteiger partial charge is 0.404 e. The van der Waals surface area contributed by atoms with E-state index in [1.165, 1.54) is 5.56 Å². The normalized spacial score (nSPS) is 17.7.